The number of carbonyl (C=O) groups is 2. The summed E-state index contributed by atoms with van der Waals surface area (Å²) in [5.74, 6) is -0.157. The van der Waals surface area contributed by atoms with Gasteiger partial charge in [0.25, 0.3) is 0 Å². The molecule has 6 rings (SSSR count). The van der Waals surface area contributed by atoms with Crippen molar-refractivity contribution in [2.45, 2.75) is 38.0 Å². The Labute approximate surface area is 313 Å². The molecule has 3 heterocycles. The second-order valence-corrected chi connectivity index (χ2v) is 13.9. The van der Waals surface area contributed by atoms with Crippen LogP contribution >= 0.6 is 22.9 Å². The molecule has 1 saturated heterocycles. The molecule has 6 N–H and O–H groups in total. The molecule has 0 spiro atoms. The molecule has 5 aromatic rings. The molecule has 2 amide bonds. The molecule has 1 fully saturated rings. The number of amides is 2. The van der Waals surface area contributed by atoms with Crippen LogP contribution in [0.25, 0.3) is 21.3 Å². The van der Waals surface area contributed by atoms with Gasteiger partial charge in [-0.2, -0.15) is 0 Å². The first-order chi connectivity index (χ1) is 25.6. The summed E-state index contributed by atoms with van der Waals surface area (Å²) in [5, 5.41) is 32.5. The standard InChI is InChI=1S/C38H39ClFN5O7S/c1-51-33-19-30(28(39)18-23(33)20-41-21-32(47)26-5-7-31(46)36-27(26)6-8-34(48)44-36)42-35(49)11-15-45-13-9-25(10-14-45)52-38(50)43-29-12-16-53-37(29)22-3-2-4-24(40)17-22/h2-8,12,16-19,25,32,41,46-47H,9-11,13-15,20-21H2,1H3,(H,42,49)(H,43,50)(H,44,48)/t32-/m0/s1. The second kappa shape index (κ2) is 17.2. The van der Waals surface area contributed by atoms with E-state index in [0.717, 1.165) is 4.88 Å². The Kier molecular flexibility index (Phi) is 12.3. The van der Waals surface area contributed by atoms with Crippen molar-refractivity contribution in [3.8, 4) is 21.9 Å². The van der Waals surface area contributed by atoms with E-state index >= 15 is 0 Å². The minimum Gasteiger partial charge on any atom is -0.506 e. The lowest BCUT2D eigenvalue weighted by atomic mass is 10.0. The largest absolute Gasteiger partial charge is 0.506 e. The maximum Gasteiger partial charge on any atom is 0.411 e. The number of carbonyl (C=O) groups excluding carboxylic acids is 2. The predicted octanol–water partition coefficient (Wildman–Crippen LogP) is 6.63. The number of aromatic amines is 1. The first-order valence-electron chi connectivity index (χ1n) is 17.0. The molecule has 0 radical (unpaired) electrons. The monoisotopic (exact) mass is 763 g/mol. The summed E-state index contributed by atoms with van der Waals surface area (Å²) in [5.41, 5.74) is 2.80. The van der Waals surface area contributed by atoms with E-state index in [9.17, 15) is 29.0 Å². The lowest BCUT2D eigenvalue weighted by Crippen LogP contribution is -2.39. The minimum atomic E-state index is -0.943. The van der Waals surface area contributed by atoms with Crippen LogP contribution in [0.1, 0.15) is 36.5 Å². The van der Waals surface area contributed by atoms with E-state index in [-0.39, 0.29) is 47.6 Å². The van der Waals surface area contributed by atoms with Gasteiger partial charge in [-0.3, -0.25) is 14.9 Å². The number of nitrogens with zero attached hydrogens (tertiary/aromatic N) is 1. The van der Waals surface area contributed by atoms with Gasteiger partial charge in [0.15, 0.2) is 0 Å². The van der Waals surface area contributed by atoms with E-state index < -0.39 is 12.2 Å². The van der Waals surface area contributed by atoms with Crippen LogP contribution in [0.5, 0.6) is 11.5 Å². The molecular formula is C38H39ClFN5O7S. The second-order valence-electron chi connectivity index (χ2n) is 12.6. The van der Waals surface area contributed by atoms with Gasteiger partial charge in [-0.1, -0.05) is 29.8 Å². The number of rotatable bonds is 13. The Morgan fingerprint density at radius 3 is 2.66 bits per heavy atom. The molecule has 53 heavy (non-hydrogen) atoms. The fourth-order valence-electron chi connectivity index (χ4n) is 6.30. The van der Waals surface area contributed by atoms with Crippen molar-refractivity contribution < 1.29 is 33.7 Å². The number of thiophene rings is 1. The molecule has 1 atom stereocenters. The number of hydrogen-bond acceptors (Lipinski definition) is 10. The molecule has 1 aliphatic rings. The van der Waals surface area contributed by atoms with E-state index in [4.69, 9.17) is 21.1 Å². The van der Waals surface area contributed by atoms with E-state index in [0.29, 0.717) is 83.2 Å². The smallest absolute Gasteiger partial charge is 0.411 e. The van der Waals surface area contributed by atoms with Gasteiger partial charge in [-0.05, 0) is 65.7 Å². The maximum absolute atomic E-state index is 13.7. The summed E-state index contributed by atoms with van der Waals surface area (Å²) < 4.78 is 25.0. The average molecular weight is 764 g/mol. The van der Waals surface area contributed by atoms with Crippen molar-refractivity contribution in [3.63, 3.8) is 0 Å². The Hall–Kier alpha value is -4.99. The van der Waals surface area contributed by atoms with Gasteiger partial charge in [-0.15, -0.1) is 11.3 Å². The van der Waals surface area contributed by atoms with Crippen LogP contribution in [0.4, 0.5) is 20.6 Å². The van der Waals surface area contributed by atoms with Gasteiger partial charge >= 0.3 is 6.09 Å². The first-order valence-corrected chi connectivity index (χ1v) is 18.3. The molecule has 0 aliphatic carbocycles. The van der Waals surface area contributed by atoms with Gasteiger partial charge in [0.05, 0.1) is 40.0 Å². The summed E-state index contributed by atoms with van der Waals surface area (Å²) in [4.78, 5) is 42.8. The molecular weight excluding hydrogens is 725 g/mol. The number of phenolic OH excluding ortho intramolecular Hbond substituents is 1. The number of ether oxygens (including phenoxy) is 2. The summed E-state index contributed by atoms with van der Waals surface area (Å²) in [6, 6.07) is 17.2. The number of anilines is 2. The summed E-state index contributed by atoms with van der Waals surface area (Å²) in [6.45, 7) is 2.29. The Bertz CT molecular complexity index is 2150. The molecule has 12 nitrogen and oxygen atoms in total. The number of aromatic hydroxyl groups is 1. The van der Waals surface area contributed by atoms with Gasteiger partial charge in [0.2, 0.25) is 11.5 Å². The maximum atomic E-state index is 13.7. The van der Waals surface area contributed by atoms with Crippen LogP contribution in [0, 0.1) is 5.82 Å². The number of fused-ring (bicyclic) bond motifs is 1. The van der Waals surface area contributed by atoms with Crippen molar-refractivity contribution in [1.82, 2.24) is 15.2 Å². The van der Waals surface area contributed by atoms with Crippen molar-refractivity contribution in [3.05, 3.63) is 104 Å². The molecule has 0 bridgehead atoms. The lowest BCUT2D eigenvalue weighted by Gasteiger charge is -2.31. The number of halogens is 2. The number of hydrogen-bond donors (Lipinski definition) is 6. The number of aliphatic hydroxyl groups excluding tert-OH is 1. The highest BCUT2D eigenvalue weighted by Gasteiger charge is 2.24. The van der Waals surface area contributed by atoms with E-state index in [2.05, 4.69) is 25.8 Å². The van der Waals surface area contributed by atoms with Gasteiger partial charge in [0, 0.05) is 62.2 Å². The fraction of sp³-hybridized carbons (Fsp3) is 0.289. The number of benzene rings is 3. The number of aliphatic hydroxyl groups is 1. The number of H-pyrrole nitrogens is 1. The van der Waals surface area contributed by atoms with Gasteiger partial charge < -0.3 is 40.2 Å². The average Bonchev–Trinajstić information content (AvgIpc) is 3.60. The predicted molar refractivity (Wildman–Crippen MR) is 203 cm³/mol. The third kappa shape index (κ3) is 9.52. The summed E-state index contributed by atoms with van der Waals surface area (Å²) >= 11 is 7.96. The number of phenols is 1. The summed E-state index contributed by atoms with van der Waals surface area (Å²) in [6.07, 6.45) is -0.297. The zero-order chi connectivity index (χ0) is 37.5. The topological polar surface area (TPSA) is 165 Å². The quantitative estimate of drug-likeness (QED) is 0.0773. The van der Waals surface area contributed by atoms with E-state index in [1.807, 2.05) is 5.38 Å². The number of likely N-dealkylation sites (tertiary alicyclic amines) is 1. The number of pyridine rings is 1. The highest BCUT2D eigenvalue weighted by Crippen LogP contribution is 2.35. The highest BCUT2D eigenvalue weighted by atomic mass is 35.5. The normalized spacial score (nSPS) is 14.2. The van der Waals surface area contributed by atoms with E-state index in [1.54, 1.807) is 42.5 Å². The molecule has 2 aromatic heterocycles. The van der Waals surface area contributed by atoms with Crippen LogP contribution in [0.3, 0.4) is 0 Å². The molecule has 278 valence electrons. The third-order valence-electron chi connectivity index (χ3n) is 9.02. The number of piperidine rings is 1. The van der Waals surface area contributed by atoms with Crippen LogP contribution in [-0.4, -0.2) is 71.5 Å². The molecule has 0 saturated carbocycles. The number of methoxy groups -OCH3 is 1. The van der Waals surface area contributed by atoms with Crippen LogP contribution < -0.4 is 26.2 Å². The van der Waals surface area contributed by atoms with Crippen molar-refractivity contribution in [2.24, 2.45) is 0 Å². The molecule has 0 unspecified atom stereocenters. The van der Waals surface area contributed by atoms with Crippen molar-refractivity contribution >= 4 is 57.2 Å². The van der Waals surface area contributed by atoms with Crippen LogP contribution in [0.15, 0.2) is 76.9 Å². The molecule has 1 aliphatic heterocycles. The SMILES string of the molecule is COc1cc(NC(=O)CCN2CCC(OC(=O)Nc3ccsc3-c3cccc(F)c3)CC2)c(Cl)cc1CNC[C@H](O)c1ccc(O)c2[nH]c(=O)ccc12. The van der Waals surface area contributed by atoms with Crippen molar-refractivity contribution in [2.75, 3.05) is 43.9 Å². The third-order valence-corrected chi connectivity index (χ3v) is 10.3. The van der Waals surface area contributed by atoms with E-state index in [1.165, 1.54) is 42.7 Å². The van der Waals surface area contributed by atoms with Crippen LogP contribution in [0.2, 0.25) is 5.02 Å². The number of nitrogens with one attached hydrogen (secondary N) is 4. The zero-order valence-electron chi connectivity index (χ0n) is 28.8. The van der Waals surface area contributed by atoms with Gasteiger partial charge in [-0.25, -0.2) is 9.18 Å². The Balaban J connectivity index is 0.939. The lowest BCUT2D eigenvalue weighted by molar-refractivity contribution is -0.116. The van der Waals surface area contributed by atoms with Crippen LogP contribution in [-0.2, 0) is 16.1 Å². The molecule has 3 aromatic carbocycles. The number of aromatic nitrogens is 1. The highest BCUT2D eigenvalue weighted by molar-refractivity contribution is 7.14. The van der Waals surface area contributed by atoms with Crippen molar-refractivity contribution in [1.29, 1.82) is 0 Å². The summed E-state index contributed by atoms with van der Waals surface area (Å²) in [7, 11) is 1.51. The zero-order valence-corrected chi connectivity index (χ0v) is 30.4. The minimum absolute atomic E-state index is 0.0864. The Morgan fingerprint density at radius 1 is 1.08 bits per heavy atom. The fourth-order valence-corrected chi connectivity index (χ4v) is 7.38. The molecule has 15 heteroatoms. The van der Waals surface area contributed by atoms with Gasteiger partial charge in [0.1, 0.15) is 23.4 Å². The first kappa shape index (κ1) is 37.8. The Morgan fingerprint density at radius 2 is 1.89 bits per heavy atom.